The highest BCUT2D eigenvalue weighted by atomic mass is 16.5. The smallest absolute Gasteiger partial charge is 0.277 e. The summed E-state index contributed by atoms with van der Waals surface area (Å²) < 4.78 is 7.35. The van der Waals surface area contributed by atoms with E-state index in [0.29, 0.717) is 5.75 Å². The van der Waals surface area contributed by atoms with Crippen molar-refractivity contribution in [2.75, 3.05) is 6.61 Å². The van der Waals surface area contributed by atoms with Gasteiger partial charge >= 0.3 is 0 Å². The second kappa shape index (κ2) is 9.54. The maximum Gasteiger partial charge on any atom is 0.277 e. The molecule has 0 atom stereocenters. The lowest BCUT2D eigenvalue weighted by molar-refractivity contribution is -0.123. The van der Waals surface area contributed by atoms with Crippen molar-refractivity contribution >= 4 is 12.1 Å². The molecular formula is C25H22N4O2. The molecule has 0 bridgehead atoms. The van der Waals surface area contributed by atoms with Crippen LogP contribution in [0.5, 0.6) is 5.75 Å². The van der Waals surface area contributed by atoms with E-state index in [4.69, 9.17) is 9.84 Å². The molecule has 4 aromatic rings. The van der Waals surface area contributed by atoms with Gasteiger partial charge in [-0.2, -0.15) is 10.2 Å². The van der Waals surface area contributed by atoms with E-state index in [1.54, 1.807) is 10.9 Å². The molecule has 154 valence electrons. The average Bonchev–Trinajstić information content (AvgIpc) is 3.24. The Kier molecular flexibility index (Phi) is 6.18. The van der Waals surface area contributed by atoms with Gasteiger partial charge in [0.15, 0.2) is 6.61 Å². The van der Waals surface area contributed by atoms with Crippen LogP contribution in [0.25, 0.3) is 16.9 Å². The normalized spacial score (nSPS) is 10.9. The first kappa shape index (κ1) is 20.1. The number of aromatic nitrogens is 2. The van der Waals surface area contributed by atoms with Crippen LogP contribution in [0.15, 0.2) is 96.2 Å². The minimum atomic E-state index is -0.337. The van der Waals surface area contributed by atoms with Crippen molar-refractivity contribution in [3.63, 3.8) is 0 Å². The zero-order chi connectivity index (χ0) is 21.5. The fourth-order valence-electron chi connectivity index (χ4n) is 3.08. The summed E-state index contributed by atoms with van der Waals surface area (Å²) in [5.41, 5.74) is 6.96. The number of nitrogens with zero attached hydrogens (tertiary/aromatic N) is 3. The quantitative estimate of drug-likeness (QED) is 0.363. The molecule has 6 heteroatoms. The first-order chi connectivity index (χ1) is 15.2. The second-order valence-corrected chi connectivity index (χ2v) is 6.93. The van der Waals surface area contributed by atoms with Crippen molar-refractivity contribution in [2.24, 2.45) is 5.10 Å². The first-order valence-electron chi connectivity index (χ1n) is 9.91. The highest BCUT2D eigenvalue weighted by molar-refractivity contribution is 5.89. The van der Waals surface area contributed by atoms with Crippen molar-refractivity contribution in [1.82, 2.24) is 15.2 Å². The number of carbonyl (C=O) groups is 1. The highest BCUT2D eigenvalue weighted by Gasteiger charge is 2.11. The lowest BCUT2D eigenvalue weighted by atomic mass is 10.1. The summed E-state index contributed by atoms with van der Waals surface area (Å²) in [5, 5.41) is 8.83. The Balaban J connectivity index is 1.49. The molecule has 0 radical (unpaired) electrons. The molecule has 1 amide bonds. The number of hydrogen-bond donors (Lipinski definition) is 1. The third kappa shape index (κ3) is 5.05. The molecule has 4 rings (SSSR count). The number of nitrogens with one attached hydrogen (secondary N) is 1. The fourth-order valence-corrected chi connectivity index (χ4v) is 3.08. The predicted molar refractivity (Wildman–Crippen MR) is 121 cm³/mol. The zero-order valence-electron chi connectivity index (χ0n) is 17.1. The van der Waals surface area contributed by atoms with Crippen LogP contribution < -0.4 is 10.2 Å². The van der Waals surface area contributed by atoms with Gasteiger partial charge < -0.3 is 4.74 Å². The number of amides is 1. The van der Waals surface area contributed by atoms with Gasteiger partial charge in [-0.15, -0.1) is 0 Å². The van der Waals surface area contributed by atoms with E-state index in [9.17, 15) is 4.79 Å². The summed E-state index contributed by atoms with van der Waals surface area (Å²) in [6.07, 6.45) is 3.48. The molecule has 1 heterocycles. The Morgan fingerprint density at radius 1 is 1.00 bits per heavy atom. The van der Waals surface area contributed by atoms with Crippen molar-refractivity contribution in [3.8, 4) is 22.7 Å². The Bertz CT molecular complexity index is 1180. The fraction of sp³-hybridized carbons (Fsp3) is 0.0800. The lowest BCUT2D eigenvalue weighted by Gasteiger charge is -2.07. The maximum atomic E-state index is 12.1. The van der Waals surface area contributed by atoms with Gasteiger partial charge in [0.25, 0.3) is 5.91 Å². The SMILES string of the molecule is Cc1ccccc1OCC(=O)NN=Cc1cn(-c2ccccc2)nc1-c1ccccc1. The Morgan fingerprint density at radius 2 is 1.68 bits per heavy atom. The van der Waals surface area contributed by atoms with E-state index in [-0.39, 0.29) is 12.5 Å². The molecule has 0 aliphatic carbocycles. The van der Waals surface area contributed by atoms with E-state index in [2.05, 4.69) is 10.5 Å². The summed E-state index contributed by atoms with van der Waals surface area (Å²) >= 11 is 0. The number of para-hydroxylation sites is 2. The number of benzene rings is 3. The average molecular weight is 410 g/mol. The summed E-state index contributed by atoms with van der Waals surface area (Å²) in [7, 11) is 0. The van der Waals surface area contributed by atoms with E-state index in [1.807, 2.05) is 98.0 Å². The molecule has 0 aliphatic heterocycles. The van der Waals surface area contributed by atoms with Gasteiger partial charge in [-0.05, 0) is 30.7 Å². The van der Waals surface area contributed by atoms with Gasteiger partial charge in [-0.25, -0.2) is 10.1 Å². The van der Waals surface area contributed by atoms with Crippen LogP contribution in [0.1, 0.15) is 11.1 Å². The van der Waals surface area contributed by atoms with Crippen LogP contribution in [0, 0.1) is 6.92 Å². The molecule has 3 aromatic carbocycles. The molecule has 31 heavy (non-hydrogen) atoms. The molecule has 0 aliphatic rings. The predicted octanol–water partition coefficient (Wildman–Crippen LogP) is 4.38. The van der Waals surface area contributed by atoms with E-state index < -0.39 is 0 Å². The minimum Gasteiger partial charge on any atom is -0.483 e. The molecule has 0 spiro atoms. The number of carbonyl (C=O) groups excluding carboxylic acids is 1. The van der Waals surface area contributed by atoms with Gasteiger partial charge in [-0.3, -0.25) is 4.79 Å². The molecule has 0 fully saturated rings. The van der Waals surface area contributed by atoms with Crippen LogP contribution in [-0.2, 0) is 4.79 Å². The highest BCUT2D eigenvalue weighted by Crippen LogP contribution is 2.22. The number of ether oxygens (including phenoxy) is 1. The zero-order valence-corrected chi connectivity index (χ0v) is 17.1. The van der Waals surface area contributed by atoms with Gasteiger partial charge in [0.05, 0.1) is 11.9 Å². The Labute approximate surface area is 180 Å². The van der Waals surface area contributed by atoms with Gasteiger partial charge in [0.2, 0.25) is 0 Å². The largest absolute Gasteiger partial charge is 0.483 e. The van der Waals surface area contributed by atoms with Crippen LogP contribution >= 0.6 is 0 Å². The number of aryl methyl sites for hydroxylation is 1. The van der Waals surface area contributed by atoms with Crippen molar-refractivity contribution < 1.29 is 9.53 Å². The van der Waals surface area contributed by atoms with Crippen molar-refractivity contribution in [1.29, 1.82) is 0 Å². The molecule has 1 aromatic heterocycles. The number of rotatable bonds is 7. The number of hydrogen-bond acceptors (Lipinski definition) is 4. The summed E-state index contributed by atoms with van der Waals surface area (Å²) in [4.78, 5) is 12.1. The van der Waals surface area contributed by atoms with Crippen LogP contribution in [0.3, 0.4) is 0 Å². The lowest BCUT2D eigenvalue weighted by Crippen LogP contribution is -2.24. The maximum absolute atomic E-state index is 12.1. The third-order valence-electron chi connectivity index (χ3n) is 4.66. The van der Waals surface area contributed by atoms with Gasteiger partial charge in [-0.1, -0.05) is 66.7 Å². The summed E-state index contributed by atoms with van der Waals surface area (Å²) in [5.74, 6) is 0.341. The van der Waals surface area contributed by atoms with Crippen LogP contribution in [0.4, 0.5) is 0 Å². The molecule has 6 nitrogen and oxygen atoms in total. The molecule has 1 N–H and O–H groups in total. The number of hydrazone groups is 1. The Hall–Kier alpha value is -4.19. The summed E-state index contributed by atoms with van der Waals surface area (Å²) in [6.45, 7) is 1.82. The topological polar surface area (TPSA) is 68.5 Å². The monoisotopic (exact) mass is 410 g/mol. The van der Waals surface area contributed by atoms with Crippen molar-refractivity contribution in [3.05, 3.63) is 102 Å². The molecule has 0 saturated carbocycles. The van der Waals surface area contributed by atoms with E-state index in [1.165, 1.54) is 0 Å². The van der Waals surface area contributed by atoms with E-state index >= 15 is 0 Å². The first-order valence-corrected chi connectivity index (χ1v) is 9.91. The van der Waals surface area contributed by atoms with Crippen molar-refractivity contribution in [2.45, 2.75) is 6.92 Å². The van der Waals surface area contributed by atoms with E-state index in [0.717, 1.165) is 28.1 Å². The van der Waals surface area contributed by atoms with Gasteiger partial charge in [0.1, 0.15) is 11.4 Å². The third-order valence-corrected chi connectivity index (χ3v) is 4.66. The Morgan fingerprint density at radius 3 is 2.42 bits per heavy atom. The standard InChI is InChI=1S/C25H22N4O2/c1-19-10-8-9-15-23(19)31-18-24(30)27-26-16-21-17-29(22-13-6-3-7-14-22)28-25(21)20-11-4-2-5-12-20/h2-17H,18H2,1H3,(H,27,30). The minimum absolute atomic E-state index is 0.114. The molecule has 0 unspecified atom stereocenters. The molecule has 0 saturated heterocycles. The van der Waals surface area contributed by atoms with Crippen LogP contribution in [-0.4, -0.2) is 28.5 Å². The second-order valence-electron chi connectivity index (χ2n) is 6.93. The van der Waals surface area contributed by atoms with Crippen LogP contribution in [0.2, 0.25) is 0 Å². The molecular weight excluding hydrogens is 388 g/mol. The van der Waals surface area contributed by atoms with Gasteiger partial charge in [0, 0.05) is 17.3 Å². The summed E-state index contributed by atoms with van der Waals surface area (Å²) in [6, 6.07) is 27.3.